The summed E-state index contributed by atoms with van der Waals surface area (Å²) in [6.07, 6.45) is 4.10. The minimum absolute atomic E-state index is 0.169. The van der Waals surface area contributed by atoms with Crippen LogP contribution in [0.3, 0.4) is 0 Å². The van der Waals surface area contributed by atoms with Gasteiger partial charge in [-0.05, 0) is 11.8 Å². The summed E-state index contributed by atoms with van der Waals surface area (Å²) in [5.74, 6) is 0.951. The maximum Gasteiger partial charge on any atom is 0.217 e. The van der Waals surface area contributed by atoms with Gasteiger partial charge < -0.3 is 5.73 Å². The predicted octanol–water partition coefficient (Wildman–Crippen LogP) is 2.32. The predicted molar refractivity (Wildman–Crippen MR) is 51.7 cm³/mol. The molecule has 0 aromatic heterocycles. The van der Waals surface area contributed by atoms with Gasteiger partial charge in [0.05, 0.1) is 0 Å². The Kier molecular flexibility index (Phi) is 5.77. The summed E-state index contributed by atoms with van der Waals surface area (Å²) < 4.78 is 0. The third-order valence-electron chi connectivity index (χ3n) is 2.51. The van der Waals surface area contributed by atoms with Crippen LogP contribution in [0.25, 0.3) is 0 Å². The number of hydrogen-bond acceptors (Lipinski definition) is 1. The topological polar surface area (TPSA) is 43.1 Å². The molecule has 2 atom stereocenters. The number of primary amides is 1. The fraction of sp³-hybridized carbons (Fsp3) is 0.900. The maximum atomic E-state index is 10.7. The van der Waals surface area contributed by atoms with Gasteiger partial charge in [0.1, 0.15) is 0 Å². The highest BCUT2D eigenvalue weighted by molar-refractivity contribution is 5.73. The van der Waals surface area contributed by atoms with Crippen molar-refractivity contribution in [1.29, 1.82) is 0 Å². The Morgan fingerprint density at radius 2 is 2.00 bits per heavy atom. The highest BCUT2D eigenvalue weighted by Crippen LogP contribution is 2.23. The molecule has 0 radical (unpaired) electrons. The van der Waals surface area contributed by atoms with Crippen molar-refractivity contribution >= 4 is 5.91 Å². The zero-order chi connectivity index (χ0) is 9.56. The Labute approximate surface area is 75.5 Å². The molecular formula is C10H21NO. The van der Waals surface area contributed by atoms with E-state index in [4.69, 9.17) is 5.73 Å². The SMILES string of the molecule is CCCC(CC)C(C)CC(N)=O. The fourth-order valence-corrected chi connectivity index (χ4v) is 1.75. The first-order valence-corrected chi connectivity index (χ1v) is 4.90. The molecule has 1 amide bonds. The summed E-state index contributed by atoms with van der Waals surface area (Å²) in [5.41, 5.74) is 5.14. The highest BCUT2D eigenvalue weighted by Gasteiger charge is 2.15. The number of amides is 1. The van der Waals surface area contributed by atoms with E-state index < -0.39 is 0 Å². The minimum atomic E-state index is -0.169. The van der Waals surface area contributed by atoms with Crippen molar-refractivity contribution in [2.75, 3.05) is 0 Å². The first kappa shape index (κ1) is 11.5. The van der Waals surface area contributed by atoms with Gasteiger partial charge >= 0.3 is 0 Å². The van der Waals surface area contributed by atoms with E-state index in [1.807, 2.05) is 0 Å². The monoisotopic (exact) mass is 171 g/mol. The van der Waals surface area contributed by atoms with Gasteiger partial charge in [-0.3, -0.25) is 4.79 Å². The Bertz CT molecular complexity index is 134. The normalized spacial score (nSPS) is 15.6. The van der Waals surface area contributed by atoms with Crippen LogP contribution in [0.1, 0.15) is 46.5 Å². The molecule has 0 aliphatic rings. The zero-order valence-electron chi connectivity index (χ0n) is 8.47. The molecular weight excluding hydrogens is 150 g/mol. The van der Waals surface area contributed by atoms with Crippen LogP contribution in [0, 0.1) is 11.8 Å². The molecule has 0 aliphatic carbocycles. The summed E-state index contributed by atoms with van der Waals surface area (Å²) >= 11 is 0. The summed E-state index contributed by atoms with van der Waals surface area (Å²) in [7, 11) is 0. The lowest BCUT2D eigenvalue weighted by molar-refractivity contribution is -0.119. The van der Waals surface area contributed by atoms with E-state index in [0.717, 1.165) is 6.42 Å². The first-order chi connectivity index (χ1) is 5.61. The van der Waals surface area contributed by atoms with Gasteiger partial charge in [-0.25, -0.2) is 0 Å². The van der Waals surface area contributed by atoms with Crippen LogP contribution in [0.4, 0.5) is 0 Å². The van der Waals surface area contributed by atoms with Gasteiger partial charge in [0.15, 0.2) is 0 Å². The Balaban J connectivity index is 3.84. The van der Waals surface area contributed by atoms with Gasteiger partial charge in [0, 0.05) is 6.42 Å². The number of hydrogen-bond donors (Lipinski definition) is 1. The molecule has 0 aromatic carbocycles. The van der Waals surface area contributed by atoms with Gasteiger partial charge in [0.25, 0.3) is 0 Å². The second kappa shape index (κ2) is 6.04. The van der Waals surface area contributed by atoms with Gasteiger partial charge in [-0.2, -0.15) is 0 Å². The van der Waals surface area contributed by atoms with E-state index in [2.05, 4.69) is 20.8 Å². The van der Waals surface area contributed by atoms with Crippen LogP contribution in [-0.4, -0.2) is 5.91 Å². The molecule has 2 unspecified atom stereocenters. The van der Waals surface area contributed by atoms with Crippen molar-refractivity contribution in [3.8, 4) is 0 Å². The number of rotatable bonds is 6. The molecule has 2 nitrogen and oxygen atoms in total. The van der Waals surface area contributed by atoms with Gasteiger partial charge in [-0.15, -0.1) is 0 Å². The molecule has 0 fully saturated rings. The van der Waals surface area contributed by atoms with E-state index in [-0.39, 0.29) is 5.91 Å². The summed E-state index contributed by atoms with van der Waals surface area (Å²) in [5, 5.41) is 0. The highest BCUT2D eigenvalue weighted by atomic mass is 16.1. The lowest BCUT2D eigenvalue weighted by Gasteiger charge is -2.20. The zero-order valence-corrected chi connectivity index (χ0v) is 8.47. The van der Waals surface area contributed by atoms with Crippen LogP contribution in [0.2, 0.25) is 0 Å². The largest absolute Gasteiger partial charge is 0.370 e. The van der Waals surface area contributed by atoms with E-state index in [9.17, 15) is 4.79 Å². The molecule has 0 spiro atoms. The summed E-state index contributed by atoms with van der Waals surface area (Å²) in [6.45, 7) is 6.48. The van der Waals surface area contributed by atoms with Crippen LogP contribution in [0.5, 0.6) is 0 Å². The van der Waals surface area contributed by atoms with Crippen molar-refractivity contribution in [3.05, 3.63) is 0 Å². The second-order valence-corrected chi connectivity index (χ2v) is 3.60. The molecule has 0 heterocycles. The van der Waals surface area contributed by atoms with Crippen molar-refractivity contribution in [2.45, 2.75) is 46.5 Å². The Hall–Kier alpha value is -0.530. The van der Waals surface area contributed by atoms with Gasteiger partial charge in [-0.1, -0.05) is 40.0 Å². The second-order valence-electron chi connectivity index (χ2n) is 3.60. The molecule has 0 aliphatic heterocycles. The smallest absolute Gasteiger partial charge is 0.217 e. The summed E-state index contributed by atoms with van der Waals surface area (Å²) in [6, 6.07) is 0. The molecule has 0 saturated carbocycles. The molecule has 12 heavy (non-hydrogen) atoms. The average molecular weight is 171 g/mol. The van der Waals surface area contributed by atoms with Crippen LogP contribution in [-0.2, 0) is 4.79 Å². The van der Waals surface area contributed by atoms with E-state index in [1.54, 1.807) is 0 Å². The van der Waals surface area contributed by atoms with Crippen LogP contribution < -0.4 is 5.73 Å². The average Bonchev–Trinajstić information content (AvgIpc) is 1.98. The number of carbonyl (C=O) groups excluding carboxylic acids is 1. The third-order valence-corrected chi connectivity index (χ3v) is 2.51. The fourth-order valence-electron chi connectivity index (χ4n) is 1.75. The van der Waals surface area contributed by atoms with Crippen molar-refractivity contribution in [1.82, 2.24) is 0 Å². The molecule has 0 saturated heterocycles. The summed E-state index contributed by atoms with van der Waals surface area (Å²) in [4.78, 5) is 10.7. The molecule has 2 heteroatoms. The van der Waals surface area contributed by atoms with Crippen molar-refractivity contribution < 1.29 is 4.79 Å². The van der Waals surface area contributed by atoms with Gasteiger partial charge in [0.2, 0.25) is 5.91 Å². The standard InChI is InChI=1S/C10H21NO/c1-4-6-9(5-2)8(3)7-10(11)12/h8-9H,4-7H2,1-3H3,(H2,11,12). The lowest BCUT2D eigenvalue weighted by atomic mass is 9.85. The first-order valence-electron chi connectivity index (χ1n) is 4.90. The lowest BCUT2D eigenvalue weighted by Crippen LogP contribution is -2.20. The molecule has 72 valence electrons. The van der Waals surface area contributed by atoms with Crippen LogP contribution >= 0.6 is 0 Å². The van der Waals surface area contributed by atoms with E-state index in [0.29, 0.717) is 18.3 Å². The third kappa shape index (κ3) is 4.37. The van der Waals surface area contributed by atoms with Crippen LogP contribution in [0.15, 0.2) is 0 Å². The Morgan fingerprint density at radius 3 is 2.33 bits per heavy atom. The van der Waals surface area contributed by atoms with Crippen molar-refractivity contribution in [2.24, 2.45) is 17.6 Å². The van der Waals surface area contributed by atoms with E-state index >= 15 is 0 Å². The number of nitrogens with two attached hydrogens (primary N) is 1. The molecule has 0 rings (SSSR count). The number of carbonyl (C=O) groups is 1. The quantitative estimate of drug-likeness (QED) is 0.655. The maximum absolute atomic E-state index is 10.7. The van der Waals surface area contributed by atoms with E-state index in [1.165, 1.54) is 12.8 Å². The molecule has 0 aromatic rings. The molecule has 2 N–H and O–H groups in total. The minimum Gasteiger partial charge on any atom is -0.370 e. The Morgan fingerprint density at radius 1 is 1.42 bits per heavy atom. The molecule has 0 bridgehead atoms. The van der Waals surface area contributed by atoms with Crippen molar-refractivity contribution in [3.63, 3.8) is 0 Å².